The molecule has 2 nitrogen and oxygen atoms in total. The van der Waals surface area contributed by atoms with Gasteiger partial charge in [-0.05, 0) is 12.8 Å². The van der Waals surface area contributed by atoms with Crippen molar-refractivity contribution in [3.63, 3.8) is 0 Å². The summed E-state index contributed by atoms with van der Waals surface area (Å²) in [5.74, 6) is 0.630. The van der Waals surface area contributed by atoms with E-state index in [0.29, 0.717) is 12.0 Å². The molecule has 2 saturated heterocycles. The van der Waals surface area contributed by atoms with Crippen LogP contribution < -0.4 is 5.32 Å². The van der Waals surface area contributed by atoms with Crippen molar-refractivity contribution >= 4 is 12.4 Å². The normalized spacial score (nSPS) is 39.0. The lowest BCUT2D eigenvalue weighted by Crippen LogP contribution is -2.27. The molecule has 2 aliphatic heterocycles. The smallest absolute Gasteiger partial charge is 0.0938 e. The van der Waals surface area contributed by atoms with Crippen LogP contribution >= 0.6 is 12.4 Å². The van der Waals surface area contributed by atoms with Crippen LogP contribution in [-0.4, -0.2) is 32.5 Å². The largest absolute Gasteiger partial charge is 0.378 e. The van der Waals surface area contributed by atoms with Gasteiger partial charge in [-0.2, -0.15) is 0 Å². The van der Waals surface area contributed by atoms with Crippen molar-refractivity contribution in [3.05, 3.63) is 0 Å². The molecule has 0 aromatic heterocycles. The third-order valence-corrected chi connectivity index (χ3v) is 3.03. The van der Waals surface area contributed by atoms with Crippen LogP contribution in [-0.2, 0) is 4.74 Å². The molecule has 2 aliphatic rings. The maximum atomic E-state index is 12.5. The first-order valence-corrected chi connectivity index (χ1v) is 4.80. The Balaban J connectivity index is 0.000000845. The van der Waals surface area contributed by atoms with E-state index in [1.165, 1.54) is 0 Å². The summed E-state index contributed by atoms with van der Waals surface area (Å²) in [4.78, 5) is 0. The molecular formula is C9H17ClFNO. The molecule has 13 heavy (non-hydrogen) atoms. The molecule has 0 saturated carbocycles. The highest BCUT2D eigenvalue weighted by molar-refractivity contribution is 5.85. The van der Waals surface area contributed by atoms with Crippen molar-refractivity contribution in [2.45, 2.75) is 18.9 Å². The Kier molecular flexibility index (Phi) is 4.42. The van der Waals surface area contributed by atoms with Gasteiger partial charge in [0.05, 0.1) is 12.8 Å². The topological polar surface area (TPSA) is 21.3 Å². The molecule has 0 aromatic carbocycles. The summed E-state index contributed by atoms with van der Waals surface area (Å²) in [6.07, 6.45) is 2.61. The molecule has 0 spiro atoms. The fraction of sp³-hybridized carbons (Fsp3) is 1.00. The van der Waals surface area contributed by atoms with Gasteiger partial charge in [-0.3, -0.25) is 4.39 Å². The van der Waals surface area contributed by atoms with Gasteiger partial charge < -0.3 is 10.1 Å². The molecular weight excluding hydrogens is 193 g/mol. The SMILES string of the molecule is Cl.FCC1CNCC1C1CCCO1. The Morgan fingerprint density at radius 3 is 2.85 bits per heavy atom. The van der Waals surface area contributed by atoms with Gasteiger partial charge in [0, 0.05) is 31.5 Å². The summed E-state index contributed by atoms with van der Waals surface area (Å²) in [5, 5.41) is 3.23. The standard InChI is InChI=1S/C9H16FNO.ClH/c10-4-7-5-11-6-8(7)9-2-1-3-12-9;/h7-9,11H,1-6H2;1H. The Morgan fingerprint density at radius 2 is 2.23 bits per heavy atom. The van der Waals surface area contributed by atoms with E-state index in [4.69, 9.17) is 4.74 Å². The van der Waals surface area contributed by atoms with Crippen LogP contribution in [0.3, 0.4) is 0 Å². The van der Waals surface area contributed by atoms with Gasteiger partial charge in [-0.25, -0.2) is 0 Å². The summed E-state index contributed by atoms with van der Waals surface area (Å²) < 4.78 is 18.1. The first-order chi connectivity index (χ1) is 5.92. The second-order valence-corrected chi connectivity index (χ2v) is 3.79. The number of alkyl halides is 1. The number of hydrogen-bond acceptors (Lipinski definition) is 2. The van der Waals surface area contributed by atoms with E-state index in [9.17, 15) is 4.39 Å². The average molecular weight is 210 g/mol. The highest BCUT2D eigenvalue weighted by atomic mass is 35.5. The highest BCUT2D eigenvalue weighted by Gasteiger charge is 2.35. The first-order valence-electron chi connectivity index (χ1n) is 4.80. The van der Waals surface area contributed by atoms with Crippen LogP contribution in [0.4, 0.5) is 4.39 Å². The lowest BCUT2D eigenvalue weighted by atomic mass is 9.90. The predicted molar refractivity (Wildman–Crippen MR) is 52.0 cm³/mol. The molecule has 0 bridgehead atoms. The van der Waals surface area contributed by atoms with Gasteiger partial charge in [-0.15, -0.1) is 12.4 Å². The summed E-state index contributed by atoms with van der Waals surface area (Å²) in [6.45, 7) is 2.46. The lowest BCUT2D eigenvalue weighted by molar-refractivity contribution is 0.0492. The molecule has 2 heterocycles. The van der Waals surface area contributed by atoms with Crippen LogP contribution in [0.25, 0.3) is 0 Å². The monoisotopic (exact) mass is 209 g/mol. The third-order valence-electron chi connectivity index (χ3n) is 3.03. The van der Waals surface area contributed by atoms with Crippen molar-refractivity contribution in [1.29, 1.82) is 0 Å². The Hall–Kier alpha value is 0.140. The van der Waals surface area contributed by atoms with E-state index in [-0.39, 0.29) is 25.0 Å². The number of halogens is 2. The number of nitrogens with one attached hydrogen (secondary N) is 1. The van der Waals surface area contributed by atoms with E-state index in [1.54, 1.807) is 0 Å². The summed E-state index contributed by atoms with van der Waals surface area (Å²) in [7, 11) is 0. The summed E-state index contributed by atoms with van der Waals surface area (Å²) >= 11 is 0. The fourth-order valence-electron chi connectivity index (χ4n) is 2.30. The van der Waals surface area contributed by atoms with Crippen LogP contribution in [0.15, 0.2) is 0 Å². The molecule has 0 radical (unpaired) electrons. The predicted octanol–water partition coefficient (Wildman–Crippen LogP) is 1.39. The third kappa shape index (κ3) is 2.33. The zero-order valence-electron chi connectivity index (χ0n) is 7.67. The van der Waals surface area contributed by atoms with Gasteiger partial charge in [-0.1, -0.05) is 0 Å². The Morgan fingerprint density at radius 1 is 1.38 bits per heavy atom. The van der Waals surface area contributed by atoms with Gasteiger partial charge in [0.2, 0.25) is 0 Å². The fourth-order valence-corrected chi connectivity index (χ4v) is 2.30. The molecule has 78 valence electrons. The van der Waals surface area contributed by atoms with E-state index in [1.807, 2.05) is 0 Å². The van der Waals surface area contributed by atoms with E-state index in [0.717, 1.165) is 32.5 Å². The molecule has 4 heteroatoms. The highest BCUT2D eigenvalue weighted by Crippen LogP contribution is 2.28. The van der Waals surface area contributed by atoms with Gasteiger partial charge in [0.15, 0.2) is 0 Å². The Bertz CT molecular complexity index is 153. The van der Waals surface area contributed by atoms with E-state index >= 15 is 0 Å². The molecule has 1 N–H and O–H groups in total. The van der Waals surface area contributed by atoms with Gasteiger partial charge in [0.25, 0.3) is 0 Å². The van der Waals surface area contributed by atoms with Crippen LogP contribution in [0.1, 0.15) is 12.8 Å². The van der Waals surface area contributed by atoms with E-state index in [2.05, 4.69) is 5.32 Å². The van der Waals surface area contributed by atoms with Crippen LogP contribution in [0.2, 0.25) is 0 Å². The average Bonchev–Trinajstić information content (AvgIpc) is 2.74. The molecule has 3 unspecified atom stereocenters. The zero-order chi connectivity index (χ0) is 8.39. The number of rotatable bonds is 2. The minimum Gasteiger partial charge on any atom is -0.378 e. The van der Waals surface area contributed by atoms with Crippen molar-refractivity contribution in [2.24, 2.45) is 11.8 Å². The van der Waals surface area contributed by atoms with Crippen molar-refractivity contribution in [3.8, 4) is 0 Å². The minimum atomic E-state index is -0.197. The molecule has 0 amide bonds. The molecule has 3 atom stereocenters. The Labute approximate surface area is 84.6 Å². The van der Waals surface area contributed by atoms with E-state index < -0.39 is 0 Å². The first kappa shape index (κ1) is 11.2. The van der Waals surface area contributed by atoms with Crippen molar-refractivity contribution < 1.29 is 9.13 Å². The zero-order valence-corrected chi connectivity index (χ0v) is 8.49. The van der Waals surface area contributed by atoms with Crippen molar-refractivity contribution in [1.82, 2.24) is 5.32 Å². The second-order valence-electron chi connectivity index (χ2n) is 3.79. The molecule has 2 fully saturated rings. The van der Waals surface area contributed by atoms with Crippen molar-refractivity contribution in [2.75, 3.05) is 26.4 Å². The quantitative estimate of drug-likeness (QED) is 0.742. The summed E-state index contributed by atoms with van der Waals surface area (Å²) in [6, 6.07) is 0. The minimum absolute atomic E-state index is 0. The van der Waals surface area contributed by atoms with Gasteiger partial charge >= 0.3 is 0 Å². The maximum absolute atomic E-state index is 12.5. The molecule has 0 aliphatic carbocycles. The number of ether oxygens (including phenoxy) is 1. The lowest BCUT2D eigenvalue weighted by Gasteiger charge is -2.21. The van der Waals surface area contributed by atoms with Crippen LogP contribution in [0, 0.1) is 11.8 Å². The molecule has 2 rings (SSSR count). The van der Waals surface area contributed by atoms with Crippen LogP contribution in [0.5, 0.6) is 0 Å². The number of hydrogen-bond donors (Lipinski definition) is 1. The maximum Gasteiger partial charge on any atom is 0.0938 e. The second kappa shape index (κ2) is 5.13. The van der Waals surface area contributed by atoms with Gasteiger partial charge in [0.1, 0.15) is 0 Å². The molecule has 0 aromatic rings. The summed E-state index contributed by atoms with van der Waals surface area (Å²) in [5.41, 5.74) is 0.